The van der Waals surface area contributed by atoms with Crippen molar-refractivity contribution in [3.05, 3.63) is 166 Å². The van der Waals surface area contributed by atoms with Crippen molar-refractivity contribution < 1.29 is 55.2 Å². The molecule has 0 fully saturated rings. The van der Waals surface area contributed by atoms with Gasteiger partial charge < -0.3 is 34.9 Å². The van der Waals surface area contributed by atoms with Gasteiger partial charge in [0.25, 0.3) is 21.9 Å². The van der Waals surface area contributed by atoms with Crippen LogP contribution in [0.15, 0.2) is 164 Å². The zero-order valence-electron chi connectivity index (χ0n) is 38.7. The van der Waals surface area contributed by atoms with Crippen molar-refractivity contribution in [1.82, 2.24) is 0 Å². The van der Waals surface area contributed by atoms with Gasteiger partial charge in [-0.05, 0) is 109 Å². The largest absolute Gasteiger partial charge is 2.00 e. The van der Waals surface area contributed by atoms with Crippen molar-refractivity contribution >= 4 is 149 Å². The molecule has 0 bridgehead atoms. The Hall–Kier alpha value is -6.72. The summed E-state index contributed by atoms with van der Waals surface area (Å²) in [7, 11) is -6.67. The van der Waals surface area contributed by atoms with Crippen LogP contribution in [0.25, 0.3) is 21.5 Å². The van der Waals surface area contributed by atoms with Gasteiger partial charge in [0.2, 0.25) is 0 Å². The summed E-state index contributed by atoms with van der Waals surface area (Å²) in [5, 5.41) is 47.0. The molecule has 0 radical (unpaired) electrons. The number of benzene rings is 8. The number of nitrogens with one attached hydrogen (secondary N) is 2. The van der Waals surface area contributed by atoms with E-state index in [1.807, 2.05) is 0 Å². The number of azo groups is 2. The molecule has 4 N–H and O–H groups in total. The van der Waals surface area contributed by atoms with Crippen LogP contribution in [0.3, 0.4) is 0 Å². The van der Waals surface area contributed by atoms with E-state index in [4.69, 9.17) is 32.7 Å². The maximum absolute atomic E-state index is 13.3. The fourth-order valence-corrected chi connectivity index (χ4v) is 9.45. The van der Waals surface area contributed by atoms with Crippen molar-refractivity contribution in [3.8, 4) is 23.0 Å². The minimum atomic E-state index is -4.99. The molecule has 23 heteroatoms. The number of rotatable bonds is 12. The number of amides is 2. The first-order valence-electron chi connectivity index (χ1n) is 20.9. The third-order valence-electron chi connectivity index (χ3n) is 10.7. The van der Waals surface area contributed by atoms with E-state index >= 15 is 0 Å². The number of nitrogens with zero attached hydrogens (tertiary/aromatic N) is 4. The Morgan fingerprint density at radius 2 is 1.00 bits per heavy atom. The predicted octanol–water partition coefficient (Wildman–Crippen LogP) is 11.5. The van der Waals surface area contributed by atoms with Crippen LogP contribution in [0.5, 0.6) is 23.0 Å². The fraction of sp³-hybridized carbons (Fsp3) is 0.0800. The number of aromatic hydroxyl groups is 1. The van der Waals surface area contributed by atoms with E-state index in [9.17, 15) is 45.7 Å². The topological polar surface area (TPSA) is 281 Å². The number of hydrogen-bond acceptors (Lipinski definition) is 15. The van der Waals surface area contributed by atoms with Crippen molar-refractivity contribution in [2.24, 2.45) is 20.5 Å². The number of ether oxygens (including phenoxy) is 2. The number of methoxy groups -OCH3 is 2. The van der Waals surface area contributed by atoms with Crippen LogP contribution in [0.4, 0.5) is 34.1 Å². The van der Waals surface area contributed by atoms with Gasteiger partial charge in [-0.1, -0.05) is 89.6 Å². The Morgan fingerprint density at radius 3 is 1.47 bits per heavy atom. The van der Waals surface area contributed by atoms with Gasteiger partial charge in [0.15, 0.2) is 5.75 Å². The Bertz CT molecular complexity index is 3490. The van der Waals surface area contributed by atoms with Gasteiger partial charge in [-0.3, -0.25) is 14.1 Å². The number of fused-ring (bicyclic) bond motifs is 2. The number of phenolic OH excluding ortho intramolecular Hbond substituents is 1. The number of anilines is 2. The van der Waals surface area contributed by atoms with Gasteiger partial charge in [0, 0.05) is 27.7 Å². The van der Waals surface area contributed by atoms with Crippen LogP contribution in [-0.2, 0) is 20.2 Å². The summed E-state index contributed by atoms with van der Waals surface area (Å²) < 4.78 is 79.2. The fourth-order valence-electron chi connectivity index (χ4n) is 7.05. The molecule has 0 saturated carbocycles. The molecule has 0 aliphatic carbocycles. The molecule has 0 saturated heterocycles. The quantitative estimate of drug-likeness (QED) is 0.0505. The van der Waals surface area contributed by atoms with E-state index in [0.717, 1.165) is 0 Å². The smallest absolute Gasteiger partial charge is 0.870 e. The van der Waals surface area contributed by atoms with Crippen LogP contribution >= 0.6 is 23.2 Å². The van der Waals surface area contributed by atoms with Crippen molar-refractivity contribution in [1.29, 1.82) is 0 Å². The van der Waals surface area contributed by atoms with Gasteiger partial charge in [-0.25, -0.2) is 8.42 Å². The Labute approximate surface area is 457 Å². The number of aryl methyl sites for hydroxylation is 2. The summed E-state index contributed by atoms with van der Waals surface area (Å²) in [6.07, 6.45) is 0. The first-order chi connectivity index (χ1) is 34.2. The van der Waals surface area contributed by atoms with Crippen molar-refractivity contribution in [2.75, 3.05) is 24.9 Å². The van der Waals surface area contributed by atoms with Crippen molar-refractivity contribution in [2.45, 2.75) is 23.6 Å². The molecular formula is C50H38CaCl2N6O12S2. The zero-order chi connectivity index (χ0) is 52.1. The van der Waals surface area contributed by atoms with Gasteiger partial charge in [0.05, 0.1) is 35.5 Å². The van der Waals surface area contributed by atoms with Crippen LogP contribution in [0.2, 0.25) is 10.0 Å². The molecule has 0 heterocycles. The molecule has 8 aromatic carbocycles. The normalized spacial score (nSPS) is 11.5. The molecule has 0 aromatic heterocycles. The Balaban J connectivity index is 0.000000235. The van der Waals surface area contributed by atoms with Crippen LogP contribution in [-0.4, -0.2) is 94.8 Å². The van der Waals surface area contributed by atoms with Gasteiger partial charge in [0.1, 0.15) is 48.5 Å². The molecule has 0 spiro atoms. The summed E-state index contributed by atoms with van der Waals surface area (Å²) in [6.45, 7) is 3.11. The summed E-state index contributed by atoms with van der Waals surface area (Å²) in [4.78, 5) is 24.7. The number of phenols is 1. The van der Waals surface area contributed by atoms with E-state index in [0.29, 0.717) is 55.5 Å². The molecular weight excluding hydrogens is 1050 g/mol. The molecule has 0 unspecified atom stereocenters. The van der Waals surface area contributed by atoms with Crippen LogP contribution in [0.1, 0.15) is 31.8 Å². The predicted molar refractivity (Wildman–Crippen MR) is 275 cm³/mol. The average molecular weight is 1090 g/mol. The monoisotopic (exact) mass is 1090 g/mol. The van der Waals surface area contributed by atoms with Gasteiger partial charge in [-0.2, -0.15) is 13.5 Å². The van der Waals surface area contributed by atoms with E-state index in [2.05, 4.69) is 31.1 Å². The number of carbonyl (C=O) groups excluding carboxylic acids is 2. The number of hydrogen-bond donors (Lipinski definition) is 4. The molecule has 8 aromatic rings. The summed E-state index contributed by atoms with van der Waals surface area (Å²) in [5.74, 6) is -1.25. The maximum Gasteiger partial charge on any atom is 2.00 e. The third-order valence-corrected chi connectivity index (χ3v) is 13.8. The molecule has 73 heavy (non-hydrogen) atoms. The third kappa shape index (κ3) is 12.7. The van der Waals surface area contributed by atoms with Crippen LogP contribution in [0, 0.1) is 13.8 Å². The molecule has 0 atom stereocenters. The summed E-state index contributed by atoms with van der Waals surface area (Å²) >= 11 is 12.2. The Kier molecular flexibility index (Phi) is 17.8. The van der Waals surface area contributed by atoms with E-state index < -0.39 is 53.3 Å². The molecule has 0 aliphatic rings. The Morgan fingerprint density at radius 1 is 0.589 bits per heavy atom. The summed E-state index contributed by atoms with van der Waals surface area (Å²) in [6, 6.07) is 35.3. The molecule has 368 valence electrons. The zero-order valence-corrected chi connectivity index (χ0v) is 44.1. The van der Waals surface area contributed by atoms with E-state index in [1.54, 1.807) is 104 Å². The maximum atomic E-state index is 13.3. The van der Waals surface area contributed by atoms with Gasteiger partial charge in [-0.15, -0.1) is 15.3 Å². The minimum absolute atomic E-state index is 0. The van der Waals surface area contributed by atoms with Crippen molar-refractivity contribution in [3.63, 3.8) is 0 Å². The van der Waals surface area contributed by atoms with E-state index in [-0.39, 0.29) is 81.7 Å². The molecule has 2 amide bonds. The first kappa shape index (κ1) is 55.6. The molecule has 0 aliphatic heterocycles. The number of carbonyl (C=O) groups is 2. The van der Waals surface area contributed by atoms with Crippen LogP contribution < -0.4 is 25.2 Å². The van der Waals surface area contributed by atoms with E-state index in [1.165, 1.54) is 57.5 Å². The number of halogens is 2. The average Bonchev–Trinajstić information content (AvgIpc) is 3.35. The summed E-state index contributed by atoms with van der Waals surface area (Å²) in [5.41, 5.74) is 0.602. The van der Waals surface area contributed by atoms with Gasteiger partial charge >= 0.3 is 37.7 Å². The second-order valence-electron chi connectivity index (χ2n) is 15.4. The molecule has 18 nitrogen and oxygen atoms in total. The standard InChI is InChI=1S/2C25H20ClN3O6S.Ca/c2*1-14-7-12-20(24(21(14)26)36(32,33)34)28-29-22-18-6-4-3-5-15(18)13-19(23(22)30)25(31)27-16-8-10-17(35-2)11-9-16;/h2*3-13,30H,1-2H3,(H,27,31)(H,32,33,34);/q;;+2/p-2. The second-order valence-corrected chi connectivity index (χ2v) is 18.9. The minimum Gasteiger partial charge on any atom is -0.870 e. The SMILES string of the molecule is COc1ccc(NC(=O)c2cc3ccccc3c(N=Nc3ccc(C)c(Cl)c3S(=O)(=O)O)c2O)cc1.COc1ccc(NC(=O)c2cc3ccccc3c(N=Nc3ccc(C)c(Cl)c3S(=O)(=O)[O-])c2[O-])cc1.[Ca+2]. The molecule has 8 rings (SSSR count). The second kappa shape index (κ2) is 23.4. The first-order valence-corrected chi connectivity index (χ1v) is 24.5.